The molecule has 76 valence electrons. The van der Waals surface area contributed by atoms with Crippen LogP contribution in [0, 0.1) is 5.92 Å². The molecule has 1 saturated carbocycles. The van der Waals surface area contributed by atoms with Crippen LogP contribution in [0.2, 0.25) is 0 Å². The second-order valence-electron chi connectivity index (χ2n) is 4.63. The van der Waals surface area contributed by atoms with Crippen molar-refractivity contribution in [2.24, 2.45) is 5.92 Å². The first-order valence-electron chi connectivity index (χ1n) is 5.60. The predicted molar refractivity (Wildman–Crippen MR) is 58.7 cm³/mol. The third-order valence-electron chi connectivity index (χ3n) is 3.62. The van der Waals surface area contributed by atoms with E-state index in [1.807, 2.05) is 11.3 Å². The summed E-state index contributed by atoms with van der Waals surface area (Å²) < 4.78 is 0. The van der Waals surface area contributed by atoms with Crippen molar-refractivity contribution >= 4 is 11.3 Å². The fourth-order valence-electron chi connectivity index (χ4n) is 2.64. The molecule has 2 aliphatic rings. The van der Waals surface area contributed by atoms with Crippen LogP contribution in [0.4, 0.5) is 0 Å². The Morgan fingerprint density at radius 1 is 1.36 bits per heavy atom. The van der Waals surface area contributed by atoms with E-state index in [9.17, 15) is 5.11 Å². The third kappa shape index (κ3) is 1.41. The molecule has 0 radical (unpaired) electrons. The molecule has 1 N–H and O–H groups in total. The smallest absolute Gasteiger partial charge is 0.0637 e. The highest BCUT2D eigenvalue weighted by atomic mass is 32.1. The molecule has 0 aliphatic heterocycles. The van der Waals surface area contributed by atoms with E-state index in [1.54, 1.807) is 0 Å². The second kappa shape index (κ2) is 3.35. The highest BCUT2D eigenvalue weighted by molar-refractivity contribution is 7.10. The number of hydrogen-bond acceptors (Lipinski definition) is 2. The molecule has 0 bridgehead atoms. The van der Waals surface area contributed by atoms with Crippen molar-refractivity contribution in [2.75, 3.05) is 0 Å². The van der Waals surface area contributed by atoms with Crippen molar-refractivity contribution in [3.8, 4) is 0 Å². The van der Waals surface area contributed by atoms with Gasteiger partial charge in [0.25, 0.3) is 0 Å². The number of fused-ring (bicyclic) bond motifs is 1. The van der Waals surface area contributed by atoms with Gasteiger partial charge in [0.15, 0.2) is 0 Å². The van der Waals surface area contributed by atoms with Crippen molar-refractivity contribution in [1.82, 2.24) is 0 Å². The maximum atomic E-state index is 10.2. The minimum absolute atomic E-state index is 0.0522. The van der Waals surface area contributed by atoms with Gasteiger partial charge in [-0.3, -0.25) is 0 Å². The van der Waals surface area contributed by atoms with E-state index < -0.39 is 0 Å². The molecular formula is C12H16OS. The Bertz CT molecular complexity index is 327. The molecule has 2 heteroatoms. The molecule has 1 nitrogen and oxygen atoms in total. The molecule has 0 spiro atoms. The zero-order chi connectivity index (χ0) is 9.54. The van der Waals surface area contributed by atoms with Gasteiger partial charge in [0.1, 0.15) is 0 Å². The minimum atomic E-state index is -0.0522. The topological polar surface area (TPSA) is 20.2 Å². The van der Waals surface area contributed by atoms with Crippen LogP contribution in [0.15, 0.2) is 11.4 Å². The molecule has 2 aliphatic carbocycles. The molecule has 0 amide bonds. The van der Waals surface area contributed by atoms with Gasteiger partial charge in [-0.2, -0.15) is 0 Å². The summed E-state index contributed by atoms with van der Waals surface area (Å²) in [6.07, 6.45) is 6.14. The number of rotatable bonds is 2. The Kier molecular flexibility index (Phi) is 2.14. The van der Waals surface area contributed by atoms with Gasteiger partial charge in [-0.15, -0.1) is 11.3 Å². The molecule has 1 heterocycles. The van der Waals surface area contributed by atoms with Gasteiger partial charge < -0.3 is 5.11 Å². The van der Waals surface area contributed by atoms with Gasteiger partial charge in [-0.25, -0.2) is 0 Å². The summed E-state index contributed by atoms with van der Waals surface area (Å²) in [7, 11) is 0. The van der Waals surface area contributed by atoms with Gasteiger partial charge in [-0.1, -0.05) is 0 Å². The van der Waals surface area contributed by atoms with Crippen molar-refractivity contribution in [1.29, 1.82) is 0 Å². The van der Waals surface area contributed by atoms with Crippen LogP contribution >= 0.6 is 11.3 Å². The third-order valence-corrected chi connectivity index (χ3v) is 4.61. The lowest BCUT2D eigenvalue weighted by Gasteiger charge is -2.27. The van der Waals surface area contributed by atoms with E-state index in [4.69, 9.17) is 0 Å². The Balaban J connectivity index is 1.87. The van der Waals surface area contributed by atoms with Crippen LogP contribution in [-0.4, -0.2) is 11.2 Å². The lowest BCUT2D eigenvalue weighted by Crippen LogP contribution is -2.23. The normalized spacial score (nSPS) is 28.5. The average molecular weight is 208 g/mol. The van der Waals surface area contributed by atoms with Gasteiger partial charge in [-0.05, 0) is 55.0 Å². The van der Waals surface area contributed by atoms with E-state index >= 15 is 0 Å². The van der Waals surface area contributed by atoms with Gasteiger partial charge in [0.2, 0.25) is 0 Å². The largest absolute Gasteiger partial charge is 0.392 e. The summed E-state index contributed by atoms with van der Waals surface area (Å²) >= 11 is 1.87. The quantitative estimate of drug-likeness (QED) is 0.792. The summed E-state index contributed by atoms with van der Waals surface area (Å²) in [5.41, 5.74) is 1.46. The van der Waals surface area contributed by atoms with E-state index in [-0.39, 0.29) is 6.10 Å². The molecular weight excluding hydrogens is 192 g/mol. The lowest BCUT2D eigenvalue weighted by molar-refractivity contribution is 0.113. The second-order valence-corrected chi connectivity index (χ2v) is 5.63. The monoisotopic (exact) mass is 208 g/mol. The molecule has 1 fully saturated rings. The minimum Gasteiger partial charge on any atom is -0.392 e. The maximum absolute atomic E-state index is 10.2. The number of aryl methyl sites for hydroxylation is 1. The summed E-state index contributed by atoms with van der Waals surface area (Å²) in [4.78, 5) is 1.53. The first-order valence-corrected chi connectivity index (χ1v) is 6.48. The standard InChI is InChI=1S/C12H16OS/c13-12(8-4-5-8)10-2-1-3-11-9(10)6-7-14-11/h6-8,10,12-13H,1-5H2. The number of aliphatic hydroxyl groups is 1. The fourth-order valence-corrected chi connectivity index (χ4v) is 3.64. The Morgan fingerprint density at radius 2 is 2.21 bits per heavy atom. The van der Waals surface area contributed by atoms with Crippen LogP contribution in [0.5, 0.6) is 0 Å². The van der Waals surface area contributed by atoms with E-state index in [0.717, 1.165) is 0 Å². The SMILES string of the molecule is OC(C1CC1)C1CCCc2sccc21. The molecule has 14 heavy (non-hydrogen) atoms. The van der Waals surface area contributed by atoms with Crippen LogP contribution in [0.1, 0.15) is 42.0 Å². The zero-order valence-electron chi connectivity index (χ0n) is 8.28. The Hall–Kier alpha value is -0.340. The van der Waals surface area contributed by atoms with Crippen molar-refractivity contribution in [3.05, 3.63) is 21.9 Å². The highest BCUT2D eigenvalue weighted by Crippen LogP contribution is 2.44. The molecule has 1 aromatic rings. The van der Waals surface area contributed by atoms with Gasteiger partial charge in [0.05, 0.1) is 6.10 Å². The molecule has 2 atom stereocenters. The average Bonchev–Trinajstić information content (AvgIpc) is 2.94. The van der Waals surface area contributed by atoms with E-state index in [2.05, 4.69) is 11.4 Å². The van der Waals surface area contributed by atoms with Crippen LogP contribution in [0.3, 0.4) is 0 Å². The molecule has 1 aromatic heterocycles. The van der Waals surface area contributed by atoms with Crippen LogP contribution in [0.25, 0.3) is 0 Å². The zero-order valence-corrected chi connectivity index (χ0v) is 9.09. The Morgan fingerprint density at radius 3 is 3.00 bits per heavy atom. The first-order chi connectivity index (χ1) is 6.86. The van der Waals surface area contributed by atoms with Crippen LogP contribution < -0.4 is 0 Å². The molecule has 2 unspecified atom stereocenters. The summed E-state index contributed by atoms with van der Waals surface area (Å²) in [6, 6.07) is 2.23. The first kappa shape index (κ1) is 8.93. The predicted octanol–water partition coefficient (Wildman–Crippen LogP) is 2.94. The lowest BCUT2D eigenvalue weighted by atomic mass is 9.82. The molecule has 0 saturated heterocycles. The summed E-state index contributed by atoms with van der Waals surface area (Å²) in [5.74, 6) is 1.07. The van der Waals surface area contributed by atoms with Crippen molar-refractivity contribution in [2.45, 2.75) is 44.1 Å². The molecule has 0 aromatic carbocycles. The summed E-state index contributed by atoms with van der Waals surface area (Å²) in [5, 5.41) is 12.4. The van der Waals surface area contributed by atoms with Gasteiger partial charge >= 0.3 is 0 Å². The van der Waals surface area contributed by atoms with Crippen molar-refractivity contribution in [3.63, 3.8) is 0 Å². The summed E-state index contributed by atoms with van der Waals surface area (Å²) in [6.45, 7) is 0. The number of thiophene rings is 1. The molecule has 3 rings (SSSR count). The number of hydrogen-bond donors (Lipinski definition) is 1. The number of aliphatic hydroxyl groups excluding tert-OH is 1. The Labute approximate surface area is 88.8 Å². The van der Waals surface area contributed by atoms with Crippen LogP contribution in [-0.2, 0) is 6.42 Å². The highest BCUT2D eigenvalue weighted by Gasteiger charge is 2.37. The fraction of sp³-hybridized carbons (Fsp3) is 0.667. The van der Waals surface area contributed by atoms with E-state index in [1.165, 1.54) is 42.5 Å². The maximum Gasteiger partial charge on any atom is 0.0637 e. The van der Waals surface area contributed by atoms with Crippen molar-refractivity contribution < 1.29 is 5.11 Å². The van der Waals surface area contributed by atoms with Gasteiger partial charge in [0, 0.05) is 10.8 Å². The van der Waals surface area contributed by atoms with E-state index in [0.29, 0.717) is 11.8 Å².